The normalized spacial score (nSPS) is 28.8. The fraction of sp³-hybridized carbons (Fsp3) is 0.385. The SMILES string of the molecule is Cc1c(-c2ccc(O[C@H]3CCN(C(=O)C4C5CC54)C[C@H]3F)cc2)ccc2cccnc12. The minimum absolute atomic E-state index is 0.154. The van der Waals surface area contributed by atoms with Crippen molar-refractivity contribution in [2.45, 2.75) is 32.0 Å². The molecule has 1 aliphatic heterocycles. The second-order valence-electron chi connectivity index (χ2n) is 9.17. The third-order valence-corrected chi connectivity index (χ3v) is 7.23. The lowest BCUT2D eigenvalue weighted by Crippen LogP contribution is -2.50. The summed E-state index contributed by atoms with van der Waals surface area (Å²) in [5.74, 6) is 2.24. The van der Waals surface area contributed by atoms with Gasteiger partial charge < -0.3 is 9.64 Å². The number of pyridine rings is 1. The second-order valence-corrected chi connectivity index (χ2v) is 9.17. The molecule has 2 heterocycles. The molecule has 1 saturated heterocycles. The third-order valence-electron chi connectivity index (χ3n) is 7.23. The van der Waals surface area contributed by atoms with Crippen LogP contribution in [0.3, 0.4) is 0 Å². The van der Waals surface area contributed by atoms with E-state index in [1.54, 1.807) is 4.90 Å². The summed E-state index contributed by atoms with van der Waals surface area (Å²) in [6.07, 6.45) is 1.89. The maximum atomic E-state index is 14.8. The van der Waals surface area contributed by atoms with Crippen molar-refractivity contribution >= 4 is 16.8 Å². The Morgan fingerprint density at radius 1 is 1.13 bits per heavy atom. The summed E-state index contributed by atoms with van der Waals surface area (Å²) < 4.78 is 20.7. The van der Waals surface area contributed by atoms with Gasteiger partial charge in [0.2, 0.25) is 5.91 Å². The molecule has 2 saturated carbocycles. The second kappa shape index (κ2) is 7.04. The Bertz CT molecular complexity index is 1150. The molecular weight excluding hydrogens is 391 g/mol. The number of ether oxygens (including phenoxy) is 1. The number of rotatable bonds is 4. The predicted octanol–water partition coefficient (Wildman–Crippen LogP) is 4.79. The lowest BCUT2D eigenvalue weighted by atomic mass is 9.98. The Hall–Kier alpha value is -2.95. The lowest BCUT2D eigenvalue weighted by Gasteiger charge is -2.35. The smallest absolute Gasteiger partial charge is 0.226 e. The van der Waals surface area contributed by atoms with Gasteiger partial charge in [0.05, 0.1) is 12.1 Å². The van der Waals surface area contributed by atoms with Crippen molar-refractivity contribution in [2.75, 3.05) is 13.1 Å². The Kier molecular flexibility index (Phi) is 4.27. The van der Waals surface area contributed by atoms with Crippen molar-refractivity contribution in [2.24, 2.45) is 17.8 Å². The largest absolute Gasteiger partial charge is 0.487 e. The number of likely N-dealkylation sites (tertiary alicyclic amines) is 1. The van der Waals surface area contributed by atoms with Crippen LogP contribution in [0.15, 0.2) is 54.7 Å². The van der Waals surface area contributed by atoms with Gasteiger partial charge >= 0.3 is 0 Å². The molecule has 5 heteroatoms. The van der Waals surface area contributed by atoms with Gasteiger partial charge in [-0.1, -0.05) is 30.3 Å². The van der Waals surface area contributed by atoms with Crippen molar-refractivity contribution < 1.29 is 13.9 Å². The first-order valence-corrected chi connectivity index (χ1v) is 11.1. The van der Waals surface area contributed by atoms with Crippen LogP contribution >= 0.6 is 0 Å². The molecular formula is C26H25FN2O2. The van der Waals surface area contributed by atoms with E-state index in [1.807, 2.05) is 36.5 Å². The molecule has 2 aromatic carbocycles. The molecule has 4 atom stereocenters. The molecule has 4 nitrogen and oxygen atoms in total. The Labute approximate surface area is 181 Å². The van der Waals surface area contributed by atoms with Gasteiger partial charge in [-0.15, -0.1) is 0 Å². The maximum Gasteiger partial charge on any atom is 0.226 e. The number of benzene rings is 2. The molecule has 2 aliphatic carbocycles. The maximum absolute atomic E-state index is 14.8. The summed E-state index contributed by atoms with van der Waals surface area (Å²) in [5.41, 5.74) is 4.36. The van der Waals surface area contributed by atoms with Crippen molar-refractivity contribution in [3.8, 4) is 16.9 Å². The van der Waals surface area contributed by atoms with Gasteiger partial charge in [-0.2, -0.15) is 0 Å². The molecule has 0 spiro atoms. The van der Waals surface area contributed by atoms with Crippen LogP contribution in [-0.4, -0.2) is 41.2 Å². The van der Waals surface area contributed by atoms with Crippen LogP contribution in [0.5, 0.6) is 5.75 Å². The van der Waals surface area contributed by atoms with Crippen molar-refractivity contribution in [1.29, 1.82) is 0 Å². The average molecular weight is 416 g/mol. The van der Waals surface area contributed by atoms with Crippen molar-refractivity contribution in [3.05, 3.63) is 60.3 Å². The number of hydrogen-bond donors (Lipinski definition) is 0. The third kappa shape index (κ3) is 3.27. The zero-order valence-electron chi connectivity index (χ0n) is 17.5. The quantitative estimate of drug-likeness (QED) is 0.614. The molecule has 3 aromatic rings. The topological polar surface area (TPSA) is 42.4 Å². The molecule has 31 heavy (non-hydrogen) atoms. The molecule has 6 rings (SSSR count). The predicted molar refractivity (Wildman–Crippen MR) is 118 cm³/mol. The standard InChI is InChI=1S/C26H25FN2O2/c1-15-19(9-6-17-3-2-11-28-25(15)17)16-4-7-18(8-5-16)31-23-10-12-29(14-22(23)27)26(30)24-20-13-21(20)24/h2-9,11,20-24H,10,12-14H2,1H3/t20?,21?,22-,23+,24?/m1/s1. The molecule has 3 fully saturated rings. The van der Waals surface area contributed by atoms with E-state index in [0.717, 1.165) is 27.6 Å². The number of amides is 1. The van der Waals surface area contributed by atoms with Gasteiger partial charge in [0, 0.05) is 30.5 Å². The van der Waals surface area contributed by atoms with Gasteiger partial charge in [0.25, 0.3) is 0 Å². The molecule has 158 valence electrons. The zero-order valence-corrected chi connectivity index (χ0v) is 17.5. The van der Waals surface area contributed by atoms with Crippen LogP contribution in [0.25, 0.3) is 22.0 Å². The van der Waals surface area contributed by atoms with E-state index in [4.69, 9.17) is 4.74 Å². The minimum atomic E-state index is -1.15. The fourth-order valence-electron chi connectivity index (χ4n) is 5.06. The van der Waals surface area contributed by atoms with Crippen molar-refractivity contribution in [1.82, 2.24) is 9.88 Å². The number of hydrogen-bond acceptors (Lipinski definition) is 3. The van der Waals surface area contributed by atoms with E-state index in [0.29, 0.717) is 30.6 Å². The highest BCUT2D eigenvalue weighted by atomic mass is 19.1. The Balaban J connectivity index is 1.13. The van der Waals surface area contributed by atoms with Crippen LogP contribution in [0.2, 0.25) is 0 Å². The summed E-state index contributed by atoms with van der Waals surface area (Å²) in [7, 11) is 0. The van der Waals surface area contributed by atoms with E-state index in [2.05, 4.69) is 30.1 Å². The number of carbonyl (C=O) groups excluding carboxylic acids is 1. The van der Waals surface area contributed by atoms with E-state index in [9.17, 15) is 9.18 Å². The van der Waals surface area contributed by atoms with E-state index in [-0.39, 0.29) is 18.4 Å². The number of halogens is 1. The van der Waals surface area contributed by atoms with Gasteiger partial charge in [0.1, 0.15) is 11.9 Å². The first-order valence-electron chi connectivity index (χ1n) is 11.1. The fourth-order valence-corrected chi connectivity index (χ4v) is 5.06. The lowest BCUT2D eigenvalue weighted by molar-refractivity contribution is -0.137. The highest BCUT2D eigenvalue weighted by Gasteiger charge is 2.68. The van der Waals surface area contributed by atoms with Gasteiger partial charge in [-0.05, 0) is 60.1 Å². The molecule has 0 bridgehead atoms. The minimum Gasteiger partial charge on any atom is -0.487 e. The van der Waals surface area contributed by atoms with Crippen LogP contribution in [0, 0.1) is 24.7 Å². The van der Waals surface area contributed by atoms with Crippen molar-refractivity contribution in [3.63, 3.8) is 0 Å². The summed E-state index contributed by atoms with van der Waals surface area (Å²) in [4.78, 5) is 18.6. The monoisotopic (exact) mass is 416 g/mol. The number of aromatic nitrogens is 1. The molecule has 0 radical (unpaired) electrons. The van der Waals surface area contributed by atoms with Crippen LogP contribution in [-0.2, 0) is 4.79 Å². The van der Waals surface area contributed by atoms with Gasteiger partial charge in [-0.25, -0.2) is 4.39 Å². The van der Waals surface area contributed by atoms with Crippen LogP contribution in [0.1, 0.15) is 18.4 Å². The van der Waals surface area contributed by atoms with Gasteiger partial charge in [-0.3, -0.25) is 9.78 Å². The van der Waals surface area contributed by atoms with E-state index in [1.165, 1.54) is 6.42 Å². The number of nitrogens with zero attached hydrogens (tertiary/aromatic N) is 2. The number of alkyl halides is 1. The summed E-state index contributed by atoms with van der Waals surface area (Å²) in [5, 5.41) is 1.13. The highest BCUT2D eigenvalue weighted by Crippen LogP contribution is 2.68. The molecule has 3 aliphatic rings. The summed E-state index contributed by atoms with van der Waals surface area (Å²) in [6, 6.07) is 16.0. The first kappa shape index (κ1) is 18.8. The van der Waals surface area contributed by atoms with Crippen LogP contribution < -0.4 is 4.74 Å². The molecule has 1 aromatic heterocycles. The van der Waals surface area contributed by atoms with E-state index >= 15 is 0 Å². The molecule has 0 N–H and O–H groups in total. The number of aryl methyl sites for hydroxylation is 1. The highest BCUT2D eigenvalue weighted by molar-refractivity contribution is 5.88. The molecule has 2 unspecified atom stereocenters. The summed E-state index contributed by atoms with van der Waals surface area (Å²) in [6.45, 7) is 2.82. The summed E-state index contributed by atoms with van der Waals surface area (Å²) >= 11 is 0. The number of carbonyl (C=O) groups is 1. The molecule has 1 amide bonds. The number of piperidine rings is 1. The first-order chi connectivity index (χ1) is 15.1. The average Bonchev–Trinajstić information content (AvgIpc) is 3.69. The Morgan fingerprint density at radius 2 is 1.94 bits per heavy atom. The van der Waals surface area contributed by atoms with Gasteiger partial charge in [0.15, 0.2) is 6.17 Å². The number of fused-ring (bicyclic) bond motifs is 2. The van der Waals surface area contributed by atoms with E-state index < -0.39 is 12.3 Å². The Morgan fingerprint density at radius 3 is 2.65 bits per heavy atom. The van der Waals surface area contributed by atoms with Crippen LogP contribution in [0.4, 0.5) is 4.39 Å². The zero-order chi connectivity index (χ0) is 21.1.